The molecule has 1 N–H and O–H groups in total. The van der Waals surface area contributed by atoms with Crippen molar-refractivity contribution < 1.29 is 14.3 Å². The summed E-state index contributed by atoms with van der Waals surface area (Å²) in [5.41, 5.74) is 2.64. The summed E-state index contributed by atoms with van der Waals surface area (Å²) in [6, 6.07) is 12.5. The van der Waals surface area contributed by atoms with Crippen LogP contribution in [0.4, 0.5) is 11.6 Å². The van der Waals surface area contributed by atoms with Crippen LogP contribution in [0.1, 0.15) is 24.1 Å². The highest BCUT2D eigenvalue weighted by Crippen LogP contribution is 2.43. The molecule has 0 unspecified atom stereocenters. The molecule has 5 rings (SSSR count). The molecule has 0 radical (unpaired) electrons. The maximum atomic E-state index is 11.6. The van der Waals surface area contributed by atoms with Crippen LogP contribution >= 0.6 is 0 Å². The number of hydrogen-bond acceptors (Lipinski definition) is 5. The van der Waals surface area contributed by atoms with Gasteiger partial charge in [0.05, 0.1) is 18.2 Å². The molecule has 1 aromatic carbocycles. The molecule has 1 fully saturated rings. The molecule has 6 heteroatoms. The van der Waals surface area contributed by atoms with Crippen LogP contribution in [-0.4, -0.2) is 36.3 Å². The number of hydrogen-bond donors (Lipinski definition) is 1. The molecule has 1 amide bonds. The molecule has 2 aliphatic heterocycles. The number of carbonyl (C=O) groups is 1. The normalized spacial score (nSPS) is 27.0. The summed E-state index contributed by atoms with van der Waals surface area (Å²) in [7, 11) is 0. The van der Waals surface area contributed by atoms with E-state index < -0.39 is 0 Å². The van der Waals surface area contributed by atoms with E-state index >= 15 is 0 Å². The summed E-state index contributed by atoms with van der Waals surface area (Å²) in [6.45, 7) is 2.90. The molecule has 0 saturated carbocycles. The fourth-order valence-corrected chi connectivity index (χ4v) is 4.11. The van der Waals surface area contributed by atoms with E-state index in [-0.39, 0.29) is 30.8 Å². The number of morpholine rings is 1. The van der Waals surface area contributed by atoms with Crippen molar-refractivity contribution in [2.75, 3.05) is 23.4 Å². The van der Waals surface area contributed by atoms with Crippen LogP contribution in [0.3, 0.4) is 0 Å². The molecule has 2 aromatic rings. The molecule has 3 atom stereocenters. The Morgan fingerprint density at radius 1 is 1.24 bits per heavy atom. The maximum absolute atomic E-state index is 11.6. The lowest BCUT2D eigenvalue weighted by atomic mass is 10.0. The quantitative estimate of drug-likeness (QED) is 0.865. The SMILES string of the molecule is C[C@H]1CN(c2ccc3c(n2)NC(=O)CO3)[C@@H]2c3ccccc3C[C@@H]2O1. The Bertz CT molecular complexity index is 854. The number of pyridine rings is 1. The minimum absolute atomic E-state index is 0.0424. The smallest absolute Gasteiger partial charge is 0.263 e. The fourth-order valence-electron chi connectivity index (χ4n) is 4.11. The molecular weight excluding hydrogens is 318 g/mol. The number of anilines is 2. The van der Waals surface area contributed by atoms with Crippen molar-refractivity contribution in [3.8, 4) is 5.75 Å². The first-order valence-corrected chi connectivity index (χ1v) is 8.62. The van der Waals surface area contributed by atoms with Crippen LogP contribution in [0.5, 0.6) is 5.75 Å². The van der Waals surface area contributed by atoms with Gasteiger partial charge < -0.3 is 19.7 Å². The molecule has 0 bridgehead atoms. The number of carbonyl (C=O) groups excluding carboxylic acids is 1. The van der Waals surface area contributed by atoms with Crippen molar-refractivity contribution in [3.05, 3.63) is 47.5 Å². The minimum atomic E-state index is -0.170. The third-order valence-corrected chi connectivity index (χ3v) is 5.10. The number of fused-ring (bicyclic) bond motifs is 4. The molecule has 25 heavy (non-hydrogen) atoms. The monoisotopic (exact) mass is 337 g/mol. The summed E-state index contributed by atoms with van der Waals surface area (Å²) in [5.74, 6) is 1.78. The second-order valence-corrected chi connectivity index (χ2v) is 6.84. The van der Waals surface area contributed by atoms with E-state index in [1.807, 2.05) is 12.1 Å². The first kappa shape index (κ1) is 14.7. The van der Waals surface area contributed by atoms with Crippen LogP contribution in [0, 0.1) is 0 Å². The Kier molecular flexibility index (Phi) is 3.21. The summed E-state index contributed by atoms with van der Waals surface area (Å²) < 4.78 is 11.6. The van der Waals surface area contributed by atoms with Gasteiger partial charge in [-0.05, 0) is 30.2 Å². The van der Waals surface area contributed by atoms with Gasteiger partial charge in [-0.2, -0.15) is 0 Å². The lowest BCUT2D eigenvalue weighted by molar-refractivity contribution is -0.118. The van der Waals surface area contributed by atoms with Gasteiger partial charge in [-0.1, -0.05) is 24.3 Å². The van der Waals surface area contributed by atoms with Gasteiger partial charge in [-0.3, -0.25) is 4.79 Å². The number of ether oxygens (including phenoxy) is 2. The molecular formula is C19H19N3O3. The average Bonchev–Trinajstić information content (AvgIpc) is 2.98. The molecule has 1 aliphatic carbocycles. The Hall–Kier alpha value is -2.60. The van der Waals surface area contributed by atoms with Crippen molar-refractivity contribution in [1.29, 1.82) is 0 Å². The second kappa shape index (κ2) is 5.46. The van der Waals surface area contributed by atoms with Gasteiger partial charge in [0.2, 0.25) is 0 Å². The third kappa shape index (κ3) is 2.36. The standard InChI is InChI=1S/C19H19N3O3/c1-11-9-22(16-7-6-14-19(20-16)21-17(23)10-24-14)18-13-5-3-2-4-12(13)8-15(18)25-11/h2-7,11,15,18H,8-10H2,1H3,(H,20,21,23)/t11-,15-,18+/m0/s1. The maximum Gasteiger partial charge on any atom is 0.263 e. The van der Waals surface area contributed by atoms with Crippen molar-refractivity contribution in [2.24, 2.45) is 0 Å². The number of aromatic nitrogens is 1. The predicted octanol–water partition coefficient (Wildman–Crippen LogP) is 2.30. The van der Waals surface area contributed by atoms with Gasteiger partial charge in [0.1, 0.15) is 5.82 Å². The van der Waals surface area contributed by atoms with Crippen LogP contribution in [-0.2, 0) is 16.0 Å². The number of amides is 1. The number of rotatable bonds is 1. The summed E-state index contributed by atoms with van der Waals surface area (Å²) in [5, 5.41) is 2.80. The lowest BCUT2D eigenvalue weighted by Gasteiger charge is -2.42. The van der Waals surface area contributed by atoms with Crippen molar-refractivity contribution >= 4 is 17.5 Å². The number of nitrogens with zero attached hydrogens (tertiary/aromatic N) is 2. The highest BCUT2D eigenvalue weighted by atomic mass is 16.5. The minimum Gasteiger partial charge on any atom is -0.480 e. The van der Waals surface area contributed by atoms with E-state index in [1.54, 1.807) is 0 Å². The zero-order valence-corrected chi connectivity index (χ0v) is 13.9. The Balaban J connectivity index is 1.56. The van der Waals surface area contributed by atoms with Gasteiger partial charge in [0, 0.05) is 13.0 Å². The van der Waals surface area contributed by atoms with Gasteiger partial charge in [0.15, 0.2) is 18.2 Å². The predicted molar refractivity (Wildman–Crippen MR) is 92.9 cm³/mol. The largest absolute Gasteiger partial charge is 0.480 e. The first-order valence-electron chi connectivity index (χ1n) is 8.62. The summed E-state index contributed by atoms with van der Waals surface area (Å²) in [6.07, 6.45) is 1.18. The van der Waals surface area contributed by atoms with Gasteiger partial charge in [-0.15, -0.1) is 0 Å². The van der Waals surface area contributed by atoms with Gasteiger partial charge in [-0.25, -0.2) is 4.98 Å². The fraction of sp³-hybridized carbons (Fsp3) is 0.368. The molecule has 128 valence electrons. The van der Waals surface area contributed by atoms with Gasteiger partial charge in [0.25, 0.3) is 5.91 Å². The molecule has 0 spiro atoms. The number of benzene rings is 1. The average molecular weight is 337 g/mol. The zero-order chi connectivity index (χ0) is 17.0. The second-order valence-electron chi connectivity index (χ2n) is 6.84. The molecule has 3 heterocycles. The first-order chi connectivity index (χ1) is 12.2. The Labute approximate surface area is 145 Å². The van der Waals surface area contributed by atoms with Crippen LogP contribution in [0.2, 0.25) is 0 Å². The van der Waals surface area contributed by atoms with Crippen molar-refractivity contribution in [2.45, 2.75) is 31.6 Å². The highest BCUT2D eigenvalue weighted by molar-refractivity contribution is 5.94. The number of nitrogens with one attached hydrogen (secondary N) is 1. The molecule has 1 aromatic heterocycles. The third-order valence-electron chi connectivity index (χ3n) is 5.10. The van der Waals surface area contributed by atoms with E-state index in [0.717, 1.165) is 18.8 Å². The topological polar surface area (TPSA) is 63.7 Å². The van der Waals surface area contributed by atoms with Crippen LogP contribution < -0.4 is 15.0 Å². The Morgan fingerprint density at radius 3 is 3.04 bits per heavy atom. The van der Waals surface area contributed by atoms with Gasteiger partial charge >= 0.3 is 0 Å². The van der Waals surface area contributed by atoms with Crippen LogP contribution in [0.15, 0.2) is 36.4 Å². The van der Waals surface area contributed by atoms with Crippen molar-refractivity contribution in [1.82, 2.24) is 4.98 Å². The van der Waals surface area contributed by atoms with E-state index in [1.165, 1.54) is 11.1 Å². The molecule has 1 saturated heterocycles. The lowest BCUT2D eigenvalue weighted by Crippen LogP contribution is -2.48. The van der Waals surface area contributed by atoms with E-state index in [4.69, 9.17) is 9.47 Å². The molecule has 6 nitrogen and oxygen atoms in total. The highest BCUT2D eigenvalue weighted by Gasteiger charge is 2.42. The van der Waals surface area contributed by atoms with Crippen LogP contribution in [0.25, 0.3) is 0 Å². The van der Waals surface area contributed by atoms with E-state index in [9.17, 15) is 4.79 Å². The summed E-state index contributed by atoms with van der Waals surface area (Å²) in [4.78, 5) is 18.6. The van der Waals surface area contributed by atoms with Crippen molar-refractivity contribution in [3.63, 3.8) is 0 Å². The van der Waals surface area contributed by atoms with E-state index in [0.29, 0.717) is 11.6 Å². The Morgan fingerprint density at radius 2 is 2.12 bits per heavy atom. The zero-order valence-electron chi connectivity index (χ0n) is 13.9. The summed E-state index contributed by atoms with van der Waals surface area (Å²) >= 11 is 0. The molecule has 3 aliphatic rings. The van der Waals surface area contributed by atoms with E-state index in [2.05, 4.69) is 46.4 Å².